The van der Waals surface area contributed by atoms with E-state index in [9.17, 15) is 0 Å². The molecule has 2 heterocycles. The number of aromatic nitrogens is 1. The second-order valence-corrected chi connectivity index (χ2v) is 11.7. The van der Waals surface area contributed by atoms with Crippen molar-refractivity contribution in [1.29, 1.82) is 0 Å². The Balaban J connectivity index is 1.32. The van der Waals surface area contributed by atoms with E-state index in [1.165, 1.54) is 16.7 Å². The fourth-order valence-electron chi connectivity index (χ4n) is 6.07. The van der Waals surface area contributed by atoms with Gasteiger partial charge in [0.25, 0.3) is 0 Å². The number of hydrogen-bond donors (Lipinski definition) is 0. The van der Waals surface area contributed by atoms with Gasteiger partial charge in [0.15, 0.2) is 6.20 Å². The predicted octanol–water partition coefficient (Wildman–Crippen LogP) is 10.6. The molecule has 0 aliphatic carbocycles. The molecule has 7 rings (SSSR count). The average Bonchev–Trinajstić information content (AvgIpc) is 3.40. The first-order valence-electron chi connectivity index (χ1n) is 14.8. The van der Waals surface area contributed by atoms with Gasteiger partial charge in [-0.05, 0) is 63.9 Å². The van der Waals surface area contributed by atoms with E-state index in [0.29, 0.717) is 17.1 Å². The molecule has 0 spiro atoms. The number of aryl methyl sites for hydroxylation is 2. The molecule has 43 heavy (non-hydrogen) atoms. The minimum Gasteiger partial charge on any atom is -0.454 e. The molecule has 0 radical (unpaired) electrons. The van der Waals surface area contributed by atoms with Crippen molar-refractivity contribution in [2.75, 3.05) is 0 Å². The number of pyridine rings is 1. The largest absolute Gasteiger partial charge is 0.454 e. The first-order valence-corrected chi connectivity index (χ1v) is 14.8. The van der Waals surface area contributed by atoms with Crippen molar-refractivity contribution < 1.29 is 13.4 Å². The fraction of sp³-hybridized carbons (Fsp3) is 0.125. The van der Waals surface area contributed by atoms with Crippen molar-refractivity contribution in [2.45, 2.75) is 26.7 Å². The molecule has 0 saturated carbocycles. The lowest BCUT2D eigenvalue weighted by Gasteiger charge is -2.09. The van der Waals surface area contributed by atoms with Gasteiger partial charge < -0.3 is 4.42 Å². The number of rotatable bonds is 5. The fourth-order valence-corrected chi connectivity index (χ4v) is 6.07. The number of hydrogen-bond acceptors (Lipinski definition) is 1. The molecule has 210 valence electrons. The SMILES string of the molecule is Cc1ccc2c(oc3c(-c4ccc(-c5ccc(-c6ccccc6)cc5)cc4)c(F)ccc32)c1-c1cc(C(C)C)cc[n+]1C. The topological polar surface area (TPSA) is 17.0 Å². The van der Waals surface area contributed by atoms with E-state index in [-0.39, 0.29) is 5.82 Å². The highest BCUT2D eigenvalue weighted by Crippen LogP contribution is 2.42. The maximum absolute atomic E-state index is 15.6. The summed E-state index contributed by atoms with van der Waals surface area (Å²) in [4.78, 5) is 0. The minimum atomic E-state index is -0.294. The van der Waals surface area contributed by atoms with Gasteiger partial charge in [0, 0.05) is 22.9 Å². The number of fused-ring (bicyclic) bond motifs is 3. The van der Waals surface area contributed by atoms with Crippen LogP contribution in [0.1, 0.15) is 30.9 Å². The summed E-state index contributed by atoms with van der Waals surface area (Å²) in [6.45, 7) is 6.51. The van der Waals surface area contributed by atoms with Crippen molar-refractivity contribution in [3.63, 3.8) is 0 Å². The zero-order valence-corrected chi connectivity index (χ0v) is 24.9. The monoisotopic (exact) mass is 562 g/mol. The van der Waals surface area contributed by atoms with E-state index in [0.717, 1.165) is 49.9 Å². The number of furan rings is 1. The Bertz CT molecular complexity index is 2100. The molecule has 0 unspecified atom stereocenters. The molecule has 7 aromatic rings. The predicted molar refractivity (Wildman–Crippen MR) is 175 cm³/mol. The Morgan fingerprint density at radius 1 is 0.605 bits per heavy atom. The Kier molecular flexibility index (Phi) is 6.66. The van der Waals surface area contributed by atoms with E-state index in [4.69, 9.17) is 4.42 Å². The van der Waals surface area contributed by atoms with Crippen LogP contribution in [-0.2, 0) is 7.05 Å². The molecule has 0 N–H and O–H groups in total. The molecule has 0 bridgehead atoms. The summed E-state index contributed by atoms with van der Waals surface area (Å²) in [5.41, 5.74) is 11.7. The molecule has 0 fully saturated rings. The van der Waals surface area contributed by atoms with Crippen LogP contribution in [0.4, 0.5) is 4.39 Å². The molecule has 2 aromatic heterocycles. The van der Waals surface area contributed by atoms with E-state index in [2.05, 4.69) is 124 Å². The first-order chi connectivity index (χ1) is 20.9. The van der Waals surface area contributed by atoms with Gasteiger partial charge in [0.05, 0.1) is 11.1 Å². The van der Waals surface area contributed by atoms with Crippen molar-refractivity contribution >= 4 is 21.9 Å². The number of benzene rings is 5. The van der Waals surface area contributed by atoms with Crippen LogP contribution in [0.2, 0.25) is 0 Å². The molecule has 3 heteroatoms. The van der Waals surface area contributed by atoms with E-state index in [1.54, 1.807) is 6.07 Å². The lowest BCUT2D eigenvalue weighted by molar-refractivity contribution is -0.660. The molecule has 0 aliphatic heterocycles. The van der Waals surface area contributed by atoms with Crippen LogP contribution in [0, 0.1) is 12.7 Å². The van der Waals surface area contributed by atoms with E-state index < -0.39 is 0 Å². The second kappa shape index (κ2) is 10.7. The maximum atomic E-state index is 15.6. The third-order valence-electron chi connectivity index (χ3n) is 8.56. The summed E-state index contributed by atoms with van der Waals surface area (Å²) >= 11 is 0. The molecule has 0 aliphatic rings. The number of nitrogens with zero attached hydrogens (tertiary/aromatic N) is 1. The van der Waals surface area contributed by atoms with Crippen LogP contribution in [0.25, 0.3) is 66.6 Å². The van der Waals surface area contributed by atoms with Crippen LogP contribution in [0.3, 0.4) is 0 Å². The van der Waals surface area contributed by atoms with Gasteiger partial charge in [-0.15, -0.1) is 0 Å². The third kappa shape index (κ3) is 4.71. The van der Waals surface area contributed by atoms with Gasteiger partial charge >= 0.3 is 0 Å². The zero-order chi connectivity index (χ0) is 29.7. The third-order valence-corrected chi connectivity index (χ3v) is 8.56. The summed E-state index contributed by atoms with van der Waals surface area (Å²) in [5, 5.41) is 1.90. The van der Waals surface area contributed by atoms with Gasteiger partial charge in [0.2, 0.25) is 5.69 Å². The Morgan fingerprint density at radius 2 is 1.14 bits per heavy atom. The molecule has 2 nitrogen and oxygen atoms in total. The summed E-state index contributed by atoms with van der Waals surface area (Å²) in [6.07, 6.45) is 2.10. The van der Waals surface area contributed by atoms with Crippen molar-refractivity contribution in [3.8, 4) is 44.6 Å². The Morgan fingerprint density at radius 3 is 1.74 bits per heavy atom. The van der Waals surface area contributed by atoms with Crippen LogP contribution in [0.15, 0.2) is 126 Å². The van der Waals surface area contributed by atoms with Gasteiger partial charge in [-0.1, -0.05) is 105 Å². The standard InChI is InChI=1S/C40H33FNO/c1-25(2)32-22-23-42(4)36(24-32)37-26(3)10-19-33-34-20-21-35(41)38(40(34)43-39(33)37)31-17-15-30(16-18-31)29-13-11-28(12-14-29)27-8-6-5-7-9-27/h5-25H,1-4H3/q+1. The first kappa shape index (κ1) is 26.9. The highest BCUT2D eigenvalue weighted by Gasteiger charge is 2.24. The normalized spacial score (nSPS) is 11.6. The smallest absolute Gasteiger partial charge is 0.216 e. The van der Waals surface area contributed by atoms with Crippen LogP contribution in [-0.4, -0.2) is 0 Å². The molecule has 0 atom stereocenters. The van der Waals surface area contributed by atoms with E-state index in [1.807, 2.05) is 24.3 Å². The lowest BCUT2D eigenvalue weighted by atomic mass is 9.96. The van der Waals surface area contributed by atoms with Crippen molar-refractivity contribution in [1.82, 2.24) is 0 Å². The summed E-state index contributed by atoms with van der Waals surface area (Å²) in [6, 6.07) is 39.0. The van der Waals surface area contributed by atoms with E-state index >= 15 is 4.39 Å². The maximum Gasteiger partial charge on any atom is 0.216 e. The number of halogens is 1. The second-order valence-electron chi connectivity index (χ2n) is 11.7. The molecule has 5 aromatic carbocycles. The highest BCUT2D eigenvalue weighted by atomic mass is 19.1. The Labute approximate surface area is 251 Å². The summed E-state index contributed by atoms with van der Waals surface area (Å²) < 4.78 is 24.4. The van der Waals surface area contributed by atoms with Gasteiger partial charge in [-0.2, -0.15) is 0 Å². The molecular formula is C40H33FNO+. The minimum absolute atomic E-state index is 0.294. The van der Waals surface area contributed by atoms with Crippen LogP contribution >= 0.6 is 0 Å². The van der Waals surface area contributed by atoms with Gasteiger partial charge in [-0.3, -0.25) is 0 Å². The zero-order valence-electron chi connectivity index (χ0n) is 24.9. The lowest BCUT2D eigenvalue weighted by Crippen LogP contribution is -2.31. The highest BCUT2D eigenvalue weighted by molar-refractivity contribution is 6.13. The summed E-state index contributed by atoms with van der Waals surface area (Å²) in [5.74, 6) is 0.109. The molecule has 0 saturated heterocycles. The van der Waals surface area contributed by atoms with Crippen molar-refractivity contribution in [2.24, 2.45) is 7.05 Å². The Hall–Kier alpha value is -5.02. The average molecular weight is 563 g/mol. The quantitative estimate of drug-likeness (QED) is 0.191. The van der Waals surface area contributed by atoms with Crippen molar-refractivity contribution in [3.05, 3.63) is 138 Å². The van der Waals surface area contributed by atoms with Crippen LogP contribution < -0.4 is 4.57 Å². The molecular weight excluding hydrogens is 529 g/mol. The van der Waals surface area contributed by atoms with Crippen LogP contribution in [0.5, 0.6) is 0 Å². The van der Waals surface area contributed by atoms with Gasteiger partial charge in [-0.25, -0.2) is 8.96 Å². The van der Waals surface area contributed by atoms with Gasteiger partial charge in [0.1, 0.15) is 24.0 Å². The molecule has 0 amide bonds. The summed E-state index contributed by atoms with van der Waals surface area (Å²) in [7, 11) is 2.06.